The number of nitrogens with zero attached hydrogens (tertiary/aromatic N) is 1. The molecule has 6 nitrogen and oxygen atoms in total. The second-order valence-electron chi connectivity index (χ2n) is 5.34. The molecular weight excluding hydrogens is 322 g/mol. The van der Waals surface area contributed by atoms with Gasteiger partial charge in [-0.25, -0.2) is 9.78 Å². The molecule has 0 atom stereocenters. The normalized spacial score (nSPS) is 11.1. The minimum Gasteiger partial charge on any atom is -0.505 e. The molecule has 0 radical (unpaired) electrons. The Hall–Kier alpha value is -3.54. The lowest BCUT2D eigenvalue weighted by molar-refractivity contribution is 0.0694. The van der Waals surface area contributed by atoms with Gasteiger partial charge in [-0.05, 0) is 35.9 Å². The van der Waals surface area contributed by atoms with Crippen molar-refractivity contribution >= 4 is 29.0 Å². The van der Waals surface area contributed by atoms with Gasteiger partial charge in [-0.3, -0.25) is 0 Å². The van der Waals surface area contributed by atoms with Crippen LogP contribution >= 0.6 is 0 Å². The van der Waals surface area contributed by atoms with Crippen molar-refractivity contribution in [3.05, 3.63) is 59.3 Å². The first-order chi connectivity index (χ1) is 12.0. The van der Waals surface area contributed by atoms with Gasteiger partial charge in [-0.15, -0.1) is 0 Å². The molecule has 0 saturated carbocycles. The quantitative estimate of drug-likeness (QED) is 0.673. The van der Waals surface area contributed by atoms with Crippen LogP contribution < -0.4 is 4.74 Å². The number of ether oxygens (including phenoxy) is 1. The average Bonchev–Trinajstić information content (AvgIpc) is 2.61. The lowest BCUT2D eigenvalue weighted by Gasteiger charge is -2.05. The molecule has 0 aliphatic carbocycles. The van der Waals surface area contributed by atoms with Crippen LogP contribution in [0.2, 0.25) is 0 Å². The fraction of sp³-hybridized carbons (Fsp3) is 0.0526. The number of rotatable bonds is 4. The molecular formula is C19H15NO5. The molecule has 0 aliphatic rings. The first-order valence-corrected chi connectivity index (χ1v) is 7.40. The molecule has 0 aliphatic heterocycles. The number of methoxy groups -OCH3 is 1. The van der Waals surface area contributed by atoms with E-state index < -0.39 is 5.97 Å². The van der Waals surface area contributed by atoms with Gasteiger partial charge in [-0.2, -0.15) is 0 Å². The Morgan fingerprint density at radius 1 is 1.08 bits per heavy atom. The Morgan fingerprint density at radius 2 is 1.84 bits per heavy atom. The molecule has 2 aromatic carbocycles. The molecule has 0 fully saturated rings. The van der Waals surface area contributed by atoms with Gasteiger partial charge in [0, 0.05) is 5.39 Å². The highest BCUT2D eigenvalue weighted by molar-refractivity contribution is 5.99. The van der Waals surface area contributed by atoms with Crippen molar-refractivity contribution in [2.75, 3.05) is 7.11 Å². The van der Waals surface area contributed by atoms with Crippen molar-refractivity contribution < 1.29 is 24.9 Å². The van der Waals surface area contributed by atoms with Crippen LogP contribution in [0.3, 0.4) is 0 Å². The molecule has 0 unspecified atom stereocenters. The predicted octanol–water partition coefficient (Wildman–Crippen LogP) is 3.52. The molecule has 0 bridgehead atoms. The summed E-state index contributed by atoms with van der Waals surface area (Å²) in [6.45, 7) is 0. The third kappa shape index (κ3) is 3.23. The average molecular weight is 337 g/mol. The molecule has 0 saturated heterocycles. The number of hydrogen-bond acceptors (Lipinski definition) is 5. The number of phenols is 2. The largest absolute Gasteiger partial charge is 0.505 e. The van der Waals surface area contributed by atoms with Crippen molar-refractivity contribution in [1.29, 1.82) is 0 Å². The highest BCUT2D eigenvalue weighted by atomic mass is 16.5. The minimum absolute atomic E-state index is 0.0506. The monoisotopic (exact) mass is 337 g/mol. The summed E-state index contributed by atoms with van der Waals surface area (Å²) in [5.74, 6) is -1.16. The molecule has 1 aromatic heterocycles. The summed E-state index contributed by atoms with van der Waals surface area (Å²) in [6, 6.07) is 11.4. The number of phenolic OH excluding ortho intramolecular Hbond substituents is 1. The van der Waals surface area contributed by atoms with Gasteiger partial charge in [0.25, 0.3) is 0 Å². The number of carbonyl (C=O) groups is 1. The van der Waals surface area contributed by atoms with Gasteiger partial charge in [0.05, 0.1) is 12.8 Å². The lowest BCUT2D eigenvalue weighted by atomic mass is 10.1. The second-order valence-corrected chi connectivity index (χ2v) is 5.34. The van der Waals surface area contributed by atoms with E-state index in [1.807, 2.05) is 0 Å². The fourth-order valence-electron chi connectivity index (χ4n) is 2.43. The fourth-order valence-corrected chi connectivity index (χ4v) is 2.43. The van der Waals surface area contributed by atoms with Crippen LogP contribution in [0.25, 0.3) is 23.1 Å². The van der Waals surface area contributed by atoms with Gasteiger partial charge >= 0.3 is 5.97 Å². The maximum Gasteiger partial charge on any atom is 0.339 e. The van der Waals surface area contributed by atoms with Crippen LogP contribution in [-0.4, -0.2) is 33.4 Å². The number of hydrogen-bond donors (Lipinski definition) is 3. The van der Waals surface area contributed by atoms with Crippen molar-refractivity contribution in [2.24, 2.45) is 0 Å². The zero-order valence-electron chi connectivity index (χ0n) is 13.3. The van der Waals surface area contributed by atoms with E-state index >= 15 is 0 Å². The minimum atomic E-state index is -1.21. The van der Waals surface area contributed by atoms with E-state index in [0.717, 1.165) is 5.56 Å². The van der Waals surface area contributed by atoms with Crippen LogP contribution in [0.1, 0.15) is 21.6 Å². The van der Waals surface area contributed by atoms with E-state index in [1.165, 1.54) is 19.2 Å². The van der Waals surface area contributed by atoms with E-state index in [4.69, 9.17) is 9.84 Å². The Morgan fingerprint density at radius 3 is 2.56 bits per heavy atom. The number of pyridine rings is 1. The van der Waals surface area contributed by atoms with Crippen molar-refractivity contribution in [2.45, 2.75) is 0 Å². The van der Waals surface area contributed by atoms with Crippen LogP contribution in [0.4, 0.5) is 0 Å². The molecule has 3 aromatic rings. The molecule has 126 valence electrons. The van der Waals surface area contributed by atoms with E-state index in [2.05, 4.69) is 4.98 Å². The second kappa shape index (κ2) is 6.52. The van der Waals surface area contributed by atoms with Crippen molar-refractivity contribution in [3.8, 4) is 17.2 Å². The van der Waals surface area contributed by atoms with Crippen LogP contribution in [0, 0.1) is 0 Å². The smallest absolute Gasteiger partial charge is 0.339 e. The maximum absolute atomic E-state index is 11.1. The van der Waals surface area contributed by atoms with Gasteiger partial charge in [0.2, 0.25) is 0 Å². The summed E-state index contributed by atoms with van der Waals surface area (Å²) < 4.78 is 5.06. The maximum atomic E-state index is 11.1. The van der Waals surface area contributed by atoms with Crippen LogP contribution in [-0.2, 0) is 0 Å². The molecule has 3 rings (SSSR count). The van der Waals surface area contributed by atoms with Gasteiger partial charge in [0.1, 0.15) is 11.1 Å². The third-order valence-corrected chi connectivity index (χ3v) is 3.74. The topological polar surface area (TPSA) is 99.9 Å². The third-order valence-electron chi connectivity index (χ3n) is 3.74. The molecule has 3 N–H and O–H groups in total. The Bertz CT molecular complexity index is 995. The van der Waals surface area contributed by atoms with E-state index in [1.54, 1.807) is 42.5 Å². The van der Waals surface area contributed by atoms with Gasteiger partial charge < -0.3 is 20.1 Å². The summed E-state index contributed by atoms with van der Waals surface area (Å²) in [6.07, 6.45) is 3.49. The zero-order chi connectivity index (χ0) is 18.0. The highest BCUT2D eigenvalue weighted by Gasteiger charge is 2.13. The van der Waals surface area contributed by atoms with Crippen molar-refractivity contribution in [3.63, 3.8) is 0 Å². The molecule has 0 amide bonds. The predicted molar refractivity (Wildman–Crippen MR) is 94.0 cm³/mol. The molecule has 0 spiro atoms. The Kier molecular flexibility index (Phi) is 4.26. The molecule has 25 heavy (non-hydrogen) atoms. The van der Waals surface area contributed by atoms with E-state index in [9.17, 15) is 15.0 Å². The number of benzene rings is 2. The van der Waals surface area contributed by atoms with E-state index in [-0.39, 0.29) is 22.6 Å². The van der Waals surface area contributed by atoms with Gasteiger partial charge in [-0.1, -0.05) is 24.3 Å². The molecule has 1 heterocycles. The summed E-state index contributed by atoms with van der Waals surface area (Å²) in [5, 5.41) is 29.4. The number of fused-ring (bicyclic) bond motifs is 1. The zero-order valence-corrected chi connectivity index (χ0v) is 13.3. The summed E-state index contributed by atoms with van der Waals surface area (Å²) in [7, 11) is 1.47. The first kappa shape index (κ1) is 16.3. The Balaban J connectivity index is 1.99. The molecule has 6 heteroatoms. The highest BCUT2D eigenvalue weighted by Crippen LogP contribution is 2.29. The number of aromatic carboxylic acids is 1. The lowest BCUT2D eigenvalue weighted by Crippen LogP contribution is -1.97. The Labute approximate surface area is 143 Å². The summed E-state index contributed by atoms with van der Waals surface area (Å²) in [4.78, 5) is 15.4. The summed E-state index contributed by atoms with van der Waals surface area (Å²) >= 11 is 0. The number of carboxylic acids is 1. The van der Waals surface area contributed by atoms with Gasteiger partial charge in [0.15, 0.2) is 17.2 Å². The number of aromatic hydroxyl groups is 2. The number of aromatic nitrogens is 1. The SMILES string of the molecule is COc1cc(C=Cc2ccc3ccc(C(=O)O)c(O)c3n2)ccc1O. The van der Waals surface area contributed by atoms with Crippen LogP contribution in [0.15, 0.2) is 42.5 Å². The van der Waals surface area contributed by atoms with E-state index in [0.29, 0.717) is 16.8 Å². The van der Waals surface area contributed by atoms with Crippen molar-refractivity contribution in [1.82, 2.24) is 4.98 Å². The summed E-state index contributed by atoms with van der Waals surface area (Å²) in [5.41, 5.74) is 1.38. The van der Waals surface area contributed by atoms with Crippen LogP contribution in [0.5, 0.6) is 17.2 Å². The standard InChI is InChI=1S/C19H15NO5/c1-25-16-10-11(3-9-15(16)21)2-6-13-7-4-12-5-8-14(19(23)24)18(22)17(12)20-13/h2-10,21-22H,1H3,(H,23,24). The number of carboxylic acid groups (broad SMARTS) is 1. The first-order valence-electron chi connectivity index (χ1n) is 7.40.